The van der Waals surface area contributed by atoms with Crippen molar-refractivity contribution in [3.05, 3.63) is 91.0 Å². The molecule has 37 heavy (non-hydrogen) atoms. The van der Waals surface area contributed by atoms with Crippen molar-refractivity contribution < 1.29 is 8.42 Å². The first-order valence-corrected chi connectivity index (χ1v) is 13.4. The highest BCUT2D eigenvalue weighted by Crippen LogP contribution is 2.27. The van der Waals surface area contributed by atoms with E-state index in [4.69, 9.17) is 0 Å². The van der Waals surface area contributed by atoms with E-state index in [1.165, 1.54) is 0 Å². The van der Waals surface area contributed by atoms with Gasteiger partial charge in [-0.25, -0.2) is 18.1 Å². The monoisotopic (exact) mass is 511 g/mol. The molecule has 0 aliphatic heterocycles. The molecule has 3 N–H and O–H groups in total. The summed E-state index contributed by atoms with van der Waals surface area (Å²) in [4.78, 5) is 13.4. The summed E-state index contributed by atoms with van der Waals surface area (Å²) in [5, 5.41) is 7.64. The van der Waals surface area contributed by atoms with Gasteiger partial charge in [-0.2, -0.15) is 4.98 Å². The minimum absolute atomic E-state index is 0.0664. The molecule has 1 aliphatic carbocycles. The molecule has 10 heteroatoms. The Morgan fingerprint density at radius 2 is 1.68 bits per heavy atom. The molecule has 0 bridgehead atoms. The van der Waals surface area contributed by atoms with Gasteiger partial charge in [0.25, 0.3) is 0 Å². The van der Waals surface area contributed by atoms with Gasteiger partial charge < -0.3 is 15.2 Å². The van der Waals surface area contributed by atoms with Crippen molar-refractivity contribution in [1.82, 2.24) is 24.2 Å². The second-order valence-corrected chi connectivity index (χ2v) is 10.8. The number of pyridine rings is 1. The van der Waals surface area contributed by atoms with Gasteiger partial charge in [-0.1, -0.05) is 0 Å². The van der Waals surface area contributed by atoms with Crippen LogP contribution in [0.3, 0.4) is 0 Å². The lowest BCUT2D eigenvalue weighted by Gasteiger charge is -2.12. The Bertz CT molecular complexity index is 1680. The molecule has 3 heterocycles. The Morgan fingerprint density at radius 3 is 2.43 bits per heavy atom. The van der Waals surface area contributed by atoms with Gasteiger partial charge in [-0.3, -0.25) is 4.98 Å². The molecule has 0 unspecified atom stereocenters. The quantitative estimate of drug-likeness (QED) is 0.267. The zero-order valence-corrected chi connectivity index (χ0v) is 20.9. The van der Waals surface area contributed by atoms with Crippen LogP contribution in [0.15, 0.2) is 90.3 Å². The molecule has 1 fully saturated rings. The molecule has 1 aliphatic rings. The van der Waals surface area contributed by atoms with Gasteiger partial charge in [0.1, 0.15) is 5.82 Å². The van der Waals surface area contributed by atoms with Crippen molar-refractivity contribution in [3.8, 4) is 5.69 Å². The Kier molecular flexibility index (Phi) is 5.82. The predicted molar refractivity (Wildman–Crippen MR) is 144 cm³/mol. The number of hydrogen-bond acceptors (Lipinski definition) is 7. The number of aryl methyl sites for hydroxylation is 1. The average Bonchev–Trinajstić information content (AvgIpc) is 3.61. The van der Waals surface area contributed by atoms with Gasteiger partial charge in [-0.05, 0) is 80.4 Å². The van der Waals surface area contributed by atoms with Crippen molar-refractivity contribution in [2.75, 3.05) is 10.6 Å². The van der Waals surface area contributed by atoms with Gasteiger partial charge in [0.15, 0.2) is 0 Å². The molecular weight excluding hydrogens is 486 g/mol. The summed E-state index contributed by atoms with van der Waals surface area (Å²) in [5.74, 6) is 1.09. The lowest BCUT2D eigenvalue weighted by Crippen LogP contribution is -2.25. The highest BCUT2D eigenvalue weighted by molar-refractivity contribution is 7.89. The molecule has 1 saturated carbocycles. The number of aromatic nitrogens is 4. The molecule has 0 amide bonds. The van der Waals surface area contributed by atoms with Crippen LogP contribution in [-0.2, 0) is 10.0 Å². The van der Waals surface area contributed by atoms with Crippen LogP contribution < -0.4 is 15.4 Å². The van der Waals surface area contributed by atoms with E-state index in [0.29, 0.717) is 17.5 Å². The molecule has 186 valence electrons. The Hall–Kier alpha value is -4.28. The third kappa shape index (κ3) is 5.02. The van der Waals surface area contributed by atoms with Crippen molar-refractivity contribution >= 4 is 44.1 Å². The van der Waals surface area contributed by atoms with Gasteiger partial charge in [0.2, 0.25) is 16.0 Å². The van der Waals surface area contributed by atoms with Crippen LogP contribution >= 0.6 is 0 Å². The highest BCUT2D eigenvalue weighted by atomic mass is 32.2. The fourth-order valence-corrected chi connectivity index (χ4v) is 5.36. The highest BCUT2D eigenvalue weighted by Gasteiger charge is 2.27. The van der Waals surface area contributed by atoms with Gasteiger partial charge in [-0.15, -0.1) is 0 Å². The largest absolute Gasteiger partial charge is 0.340 e. The smallest absolute Gasteiger partial charge is 0.240 e. The first-order chi connectivity index (χ1) is 17.9. The van der Waals surface area contributed by atoms with Crippen molar-refractivity contribution in [2.24, 2.45) is 0 Å². The van der Waals surface area contributed by atoms with Gasteiger partial charge in [0, 0.05) is 58.8 Å². The molecule has 0 saturated heterocycles. The number of nitrogens with one attached hydrogen (secondary N) is 3. The van der Waals surface area contributed by atoms with Gasteiger partial charge >= 0.3 is 0 Å². The maximum Gasteiger partial charge on any atom is 0.240 e. The summed E-state index contributed by atoms with van der Waals surface area (Å²) >= 11 is 0. The van der Waals surface area contributed by atoms with E-state index in [-0.39, 0.29) is 10.9 Å². The lowest BCUT2D eigenvalue weighted by molar-refractivity contribution is 0.581. The Balaban J connectivity index is 1.19. The van der Waals surface area contributed by atoms with E-state index in [1.54, 1.807) is 42.9 Å². The Morgan fingerprint density at radius 1 is 0.919 bits per heavy atom. The molecule has 0 atom stereocenters. The predicted octanol–water partition coefficient (Wildman–Crippen LogP) is 5.05. The lowest BCUT2D eigenvalue weighted by atomic mass is 10.2. The second-order valence-electron chi connectivity index (χ2n) is 9.06. The summed E-state index contributed by atoms with van der Waals surface area (Å²) in [6.45, 7) is 1.94. The first kappa shape index (κ1) is 23.1. The summed E-state index contributed by atoms with van der Waals surface area (Å²) in [6.07, 6.45) is 9.14. The van der Waals surface area contributed by atoms with Crippen LogP contribution in [0.2, 0.25) is 0 Å². The number of sulfonamides is 1. The van der Waals surface area contributed by atoms with E-state index in [1.807, 2.05) is 31.3 Å². The number of nitrogens with zero attached hydrogens (tertiary/aromatic N) is 4. The van der Waals surface area contributed by atoms with Crippen LogP contribution in [0.5, 0.6) is 0 Å². The molecular formula is C27H25N7O2S. The van der Waals surface area contributed by atoms with Crippen LogP contribution in [0, 0.1) is 6.92 Å². The maximum absolute atomic E-state index is 12.4. The topological polar surface area (TPSA) is 114 Å². The molecule has 2 aromatic carbocycles. The zero-order valence-electron chi connectivity index (χ0n) is 20.1. The molecule has 0 spiro atoms. The minimum atomic E-state index is -3.49. The fourth-order valence-electron chi connectivity index (χ4n) is 4.05. The standard InChI is InChI=1S/C27H25N7O2S/c1-18-17-29-27(31-20-4-7-24(8-5-20)37(35,36)33-21-2-3-21)32-26(18)30-22-6-9-25-19(16-22)12-15-34(25)23-10-13-28-14-11-23/h4-17,21,33H,2-3H2,1H3,(H2,29,30,31,32). The molecule has 3 aromatic heterocycles. The van der Waals surface area contributed by atoms with Gasteiger partial charge in [0.05, 0.1) is 10.4 Å². The zero-order chi connectivity index (χ0) is 25.4. The van der Waals surface area contributed by atoms with E-state index in [0.717, 1.165) is 40.7 Å². The SMILES string of the molecule is Cc1cnc(Nc2ccc(S(=O)(=O)NC3CC3)cc2)nc1Nc1ccc2c(ccn2-c2ccncc2)c1. The number of fused-ring (bicyclic) bond motifs is 1. The fraction of sp³-hybridized carbons (Fsp3) is 0.148. The van der Waals surface area contributed by atoms with E-state index in [9.17, 15) is 8.42 Å². The Labute approximate surface area is 214 Å². The molecule has 5 aromatic rings. The summed E-state index contributed by atoms with van der Waals surface area (Å²) in [6, 6.07) is 18.8. The third-order valence-corrected chi connectivity index (χ3v) is 7.72. The normalized spacial score (nSPS) is 13.5. The van der Waals surface area contributed by atoms with E-state index >= 15 is 0 Å². The summed E-state index contributed by atoms with van der Waals surface area (Å²) in [5.41, 5.74) is 4.64. The van der Waals surface area contributed by atoms with Crippen molar-refractivity contribution in [3.63, 3.8) is 0 Å². The average molecular weight is 512 g/mol. The van der Waals surface area contributed by atoms with Crippen LogP contribution in [0.4, 0.5) is 23.1 Å². The number of rotatable bonds is 8. The van der Waals surface area contributed by atoms with Crippen LogP contribution in [-0.4, -0.2) is 34.0 Å². The number of hydrogen-bond donors (Lipinski definition) is 3. The van der Waals surface area contributed by atoms with Crippen LogP contribution in [0.25, 0.3) is 16.6 Å². The number of benzene rings is 2. The first-order valence-electron chi connectivity index (χ1n) is 12.0. The maximum atomic E-state index is 12.4. The summed E-state index contributed by atoms with van der Waals surface area (Å²) in [7, 11) is -3.49. The van der Waals surface area contributed by atoms with Crippen LogP contribution in [0.1, 0.15) is 18.4 Å². The van der Waals surface area contributed by atoms with Crippen molar-refractivity contribution in [2.45, 2.75) is 30.7 Å². The second kappa shape index (κ2) is 9.30. The minimum Gasteiger partial charge on any atom is -0.340 e. The third-order valence-electron chi connectivity index (χ3n) is 6.19. The molecule has 0 radical (unpaired) electrons. The van der Waals surface area contributed by atoms with E-state index in [2.05, 4.69) is 53.1 Å². The summed E-state index contributed by atoms with van der Waals surface area (Å²) < 4.78 is 29.6. The van der Waals surface area contributed by atoms with Crippen molar-refractivity contribution in [1.29, 1.82) is 0 Å². The molecule has 9 nitrogen and oxygen atoms in total. The van der Waals surface area contributed by atoms with E-state index < -0.39 is 10.0 Å². The molecule has 6 rings (SSSR count). The number of anilines is 4.